The fraction of sp³-hybridized carbons (Fsp3) is 0.308. The summed E-state index contributed by atoms with van der Waals surface area (Å²) < 4.78 is 5.46. The highest BCUT2D eigenvalue weighted by atomic mass is 16.3. The van der Waals surface area contributed by atoms with E-state index in [1.165, 1.54) is 5.56 Å². The standard InChI is InChI=1S/C13H15NO/c1-10(12-6-4-3-5-7-12)8-13-14-9-11(2)15-13/h3-7,9-10H,8H2,1-2H3. The number of rotatable bonds is 3. The molecular formula is C13H15NO. The second-order valence-corrected chi connectivity index (χ2v) is 3.88. The van der Waals surface area contributed by atoms with Crippen molar-refractivity contribution in [2.45, 2.75) is 26.2 Å². The number of benzene rings is 1. The molecule has 1 atom stereocenters. The first-order chi connectivity index (χ1) is 7.25. The third-order valence-electron chi connectivity index (χ3n) is 2.52. The SMILES string of the molecule is Cc1cnc(CC(C)c2ccccc2)o1. The van der Waals surface area contributed by atoms with Gasteiger partial charge in [-0.05, 0) is 18.4 Å². The minimum atomic E-state index is 0.448. The number of nitrogens with zero attached hydrogens (tertiary/aromatic N) is 1. The zero-order chi connectivity index (χ0) is 10.7. The summed E-state index contributed by atoms with van der Waals surface area (Å²) in [5.74, 6) is 2.15. The van der Waals surface area contributed by atoms with E-state index >= 15 is 0 Å². The van der Waals surface area contributed by atoms with Gasteiger partial charge in [0.1, 0.15) is 5.76 Å². The number of hydrogen-bond acceptors (Lipinski definition) is 2. The van der Waals surface area contributed by atoms with Crippen LogP contribution in [0.1, 0.15) is 30.1 Å². The number of oxazole rings is 1. The van der Waals surface area contributed by atoms with Gasteiger partial charge in [0.2, 0.25) is 0 Å². The molecule has 0 saturated heterocycles. The van der Waals surface area contributed by atoms with Crippen molar-refractivity contribution in [3.05, 3.63) is 53.7 Å². The first-order valence-corrected chi connectivity index (χ1v) is 5.22. The maximum absolute atomic E-state index is 5.46. The second-order valence-electron chi connectivity index (χ2n) is 3.88. The Morgan fingerprint density at radius 3 is 2.60 bits per heavy atom. The molecule has 0 fully saturated rings. The summed E-state index contributed by atoms with van der Waals surface area (Å²) in [6.07, 6.45) is 2.63. The lowest BCUT2D eigenvalue weighted by Gasteiger charge is -2.08. The van der Waals surface area contributed by atoms with Gasteiger partial charge in [0.15, 0.2) is 5.89 Å². The molecule has 0 saturated carbocycles. The summed E-state index contributed by atoms with van der Waals surface area (Å²) in [6, 6.07) is 10.4. The van der Waals surface area contributed by atoms with Gasteiger partial charge >= 0.3 is 0 Å². The first kappa shape index (κ1) is 9.97. The normalized spacial score (nSPS) is 12.7. The van der Waals surface area contributed by atoms with Crippen molar-refractivity contribution in [1.29, 1.82) is 0 Å². The fourth-order valence-electron chi connectivity index (χ4n) is 1.66. The highest BCUT2D eigenvalue weighted by Gasteiger charge is 2.09. The van der Waals surface area contributed by atoms with Gasteiger partial charge in [0.25, 0.3) is 0 Å². The number of hydrogen-bond donors (Lipinski definition) is 0. The minimum absolute atomic E-state index is 0.448. The van der Waals surface area contributed by atoms with Gasteiger partial charge in [0, 0.05) is 6.42 Å². The zero-order valence-electron chi connectivity index (χ0n) is 9.10. The van der Waals surface area contributed by atoms with E-state index in [1.807, 2.05) is 13.0 Å². The van der Waals surface area contributed by atoms with Crippen LogP contribution in [0.5, 0.6) is 0 Å². The minimum Gasteiger partial charge on any atom is -0.446 e. The molecule has 1 heterocycles. The smallest absolute Gasteiger partial charge is 0.194 e. The molecule has 15 heavy (non-hydrogen) atoms. The Bertz CT molecular complexity index is 419. The summed E-state index contributed by atoms with van der Waals surface area (Å²) >= 11 is 0. The predicted molar refractivity (Wildman–Crippen MR) is 59.8 cm³/mol. The van der Waals surface area contributed by atoms with Gasteiger partial charge in [0.05, 0.1) is 6.20 Å². The molecule has 0 aliphatic heterocycles. The van der Waals surface area contributed by atoms with Crippen molar-refractivity contribution in [3.8, 4) is 0 Å². The Morgan fingerprint density at radius 2 is 2.00 bits per heavy atom. The van der Waals surface area contributed by atoms with Crippen LogP contribution in [0.4, 0.5) is 0 Å². The highest BCUT2D eigenvalue weighted by Crippen LogP contribution is 2.19. The van der Waals surface area contributed by atoms with Crippen molar-refractivity contribution < 1.29 is 4.42 Å². The Hall–Kier alpha value is -1.57. The summed E-state index contributed by atoms with van der Waals surface area (Å²) in [4.78, 5) is 4.21. The number of aryl methyl sites for hydroxylation is 1. The van der Waals surface area contributed by atoms with Crippen molar-refractivity contribution >= 4 is 0 Å². The van der Waals surface area contributed by atoms with E-state index < -0.39 is 0 Å². The molecule has 1 unspecified atom stereocenters. The van der Waals surface area contributed by atoms with Gasteiger partial charge < -0.3 is 4.42 Å². The largest absolute Gasteiger partial charge is 0.446 e. The molecule has 1 aromatic carbocycles. The van der Waals surface area contributed by atoms with E-state index in [9.17, 15) is 0 Å². The summed E-state index contributed by atoms with van der Waals surface area (Å²) in [7, 11) is 0. The Kier molecular flexibility index (Phi) is 2.86. The highest BCUT2D eigenvalue weighted by molar-refractivity contribution is 5.19. The molecule has 0 amide bonds. The molecule has 2 heteroatoms. The van der Waals surface area contributed by atoms with Crippen molar-refractivity contribution in [1.82, 2.24) is 4.98 Å². The van der Waals surface area contributed by atoms with Gasteiger partial charge in [-0.3, -0.25) is 0 Å². The molecule has 2 aromatic rings. The molecule has 1 aromatic heterocycles. The van der Waals surface area contributed by atoms with Crippen LogP contribution in [0.15, 0.2) is 40.9 Å². The lowest BCUT2D eigenvalue weighted by molar-refractivity contribution is 0.457. The molecular weight excluding hydrogens is 186 g/mol. The monoisotopic (exact) mass is 201 g/mol. The molecule has 0 aliphatic rings. The summed E-state index contributed by atoms with van der Waals surface area (Å²) in [6.45, 7) is 4.11. The Balaban J connectivity index is 2.07. The topological polar surface area (TPSA) is 26.0 Å². The van der Waals surface area contributed by atoms with Crippen LogP contribution in [0.2, 0.25) is 0 Å². The summed E-state index contributed by atoms with van der Waals surface area (Å²) in [5.41, 5.74) is 1.33. The van der Waals surface area contributed by atoms with Gasteiger partial charge in [-0.2, -0.15) is 0 Å². The van der Waals surface area contributed by atoms with Crippen LogP contribution < -0.4 is 0 Å². The van der Waals surface area contributed by atoms with Crippen LogP contribution in [-0.2, 0) is 6.42 Å². The quantitative estimate of drug-likeness (QED) is 0.761. The van der Waals surface area contributed by atoms with Gasteiger partial charge in [-0.15, -0.1) is 0 Å². The molecule has 0 aliphatic carbocycles. The van der Waals surface area contributed by atoms with Gasteiger partial charge in [-0.25, -0.2) is 4.98 Å². The van der Waals surface area contributed by atoms with Crippen LogP contribution in [0.25, 0.3) is 0 Å². The molecule has 2 rings (SSSR count). The van der Waals surface area contributed by atoms with Crippen LogP contribution in [0.3, 0.4) is 0 Å². The lowest BCUT2D eigenvalue weighted by Crippen LogP contribution is -1.98. The fourth-order valence-corrected chi connectivity index (χ4v) is 1.66. The number of aromatic nitrogens is 1. The van der Waals surface area contributed by atoms with Crippen LogP contribution in [0, 0.1) is 6.92 Å². The van der Waals surface area contributed by atoms with Crippen molar-refractivity contribution in [2.24, 2.45) is 0 Å². The van der Waals surface area contributed by atoms with E-state index in [0.29, 0.717) is 5.92 Å². The lowest BCUT2D eigenvalue weighted by atomic mass is 9.98. The Morgan fingerprint density at radius 1 is 1.27 bits per heavy atom. The first-order valence-electron chi connectivity index (χ1n) is 5.22. The maximum atomic E-state index is 5.46. The molecule has 0 bridgehead atoms. The van der Waals surface area contributed by atoms with E-state index in [2.05, 4.69) is 36.2 Å². The molecule has 0 spiro atoms. The Labute approximate surface area is 90.0 Å². The third kappa shape index (κ3) is 2.46. The molecule has 0 radical (unpaired) electrons. The van der Waals surface area contributed by atoms with Gasteiger partial charge in [-0.1, -0.05) is 37.3 Å². The average molecular weight is 201 g/mol. The summed E-state index contributed by atoms with van der Waals surface area (Å²) in [5, 5.41) is 0. The molecule has 2 nitrogen and oxygen atoms in total. The van der Waals surface area contributed by atoms with Crippen molar-refractivity contribution in [2.75, 3.05) is 0 Å². The predicted octanol–water partition coefficient (Wildman–Crippen LogP) is 3.33. The average Bonchev–Trinajstić information content (AvgIpc) is 2.65. The molecule has 0 N–H and O–H groups in total. The van der Waals surface area contributed by atoms with Crippen LogP contribution in [-0.4, -0.2) is 4.98 Å². The maximum Gasteiger partial charge on any atom is 0.194 e. The second kappa shape index (κ2) is 4.30. The van der Waals surface area contributed by atoms with Crippen molar-refractivity contribution in [3.63, 3.8) is 0 Å². The third-order valence-corrected chi connectivity index (χ3v) is 2.52. The van der Waals surface area contributed by atoms with E-state index in [0.717, 1.165) is 18.1 Å². The van der Waals surface area contributed by atoms with E-state index in [4.69, 9.17) is 4.42 Å². The zero-order valence-corrected chi connectivity index (χ0v) is 9.10. The molecule has 78 valence electrons. The van der Waals surface area contributed by atoms with E-state index in [-0.39, 0.29) is 0 Å². The van der Waals surface area contributed by atoms with Crippen LogP contribution >= 0.6 is 0 Å². The van der Waals surface area contributed by atoms with E-state index in [1.54, 1.807) is 6.20 Å².